The van der Waals surface area contributed by atoms with Crippen LogP contribution in [0, 0.1) is 0 Å². The van der Waals surface area contributed by atoms with Gasteiger partial charge < -0.3 is 14.8 Å². The average Bonchev–Trinajstić information content (AvgIpc) is 3.01. The largest absolute Gasteiger partial charge is 0.345 e. The Balaban J connectivity index is 1.70. The summed E-state index contributed by atoms with van der Waals surface area (Å²) in [7, 11) is 0. The van der Waals surface area contributed by atoms with Crippen LogP contribution in [0.5, 0.6) is 0 Å². The number of hydrogen-bond acceptors (Lipinski definition) is 3. The minimum Gasteiger partial charge on any atom is -0.345 e. The Morgan fingerprint density at radius 3 is 2.62 bits per heavy atom. The number of H-pyrrole nitrogens is 1. The van der Waals surface area contributed by atoms with Gasteiger partial charge >= 0.3 is 0 Å². The second-order valence-electron chi connectivity index (χ2n) is 5.16. The monoisotopic (exact) mass is 286 g/mol. The van der Waals surface area contributed by atoms with Gasteiger partial charge in [-0.25, -0.2) is 4.98 Å². The van der Waals surface area contributed by atoms with Gasteiger partial charge in [-0.15, -0.1) is 0 Å². The third kappa shape index (κ3) is 2.61. The molecule has 21 heavy (non-hydrogen) atoms. The Morgan fingerprint density at radius 1 is 1.19 bits per heavy atom. The molecule has 0 radical (unpaired) electrons. The molecular formula is C15H18N4O2. The number of rotatable bonds is 2. The van der Waals surface area contributed by atoms with Gasteiger partial charge in [-0.3, -0.25) is 9.59 Å². The van der Waals surface area contributed by atoms with E-state index >= 15 is 0 Å². The lowest BCUT2D eigenvalue weighted by atomic mass is 10.1. The number of piperazine rings is 1. The quantitative estimate of drug-likeness (QED) is 0.903. The predicted octanol–water partition coefficient (Wildman–Crippen LogP) is 1.26. The van der Waals surface area contributed by atoms with Crippen molar-refractivity contribution in [1.29, 1.82) is 0 Å². The van der Waals surface area contributed by atoms with E-state index in [1.807, 2.05) is 24.0 Å². The maximum atomic E-state index is 12.5. The zero-order valence-corrected chi connectivity index (χ0v) is 12.0. The van der Waals surface area contributed by atoms with Crippen LogP contribution in [-0.4, -0.2) is 57.8 Å². The molecule has 1 aliphatic rings. The van der Waals surface area contributed by atoms with Crippen molar-refractivity contribution in [2.45, 2.75) is 13.3 Å². The molecule has 6 heteroatoms. The fourth-order valence-electron chi connectivity index (χ4n) is 2.63. The van der Waals surface area contributed by atoms with Crippen LogP contribution in [0.15, 0.2) is 24.5 Å². The molecule has 3 rings (SSSR count). The summed E-state index contributed by atoms with van der Waals surface area (Å²) >= 11 is 0. The molecule has 2 heterocycles. The zero-order valence-electron chi connectivity index (χ0n) is 12.0. The van der Waals surface area contributed by atoms with Crippen LogP contribution in [0.2, 0.25) is 0 Å². The first kappa shape index (κ1) is 13.6. The standard InChI is InChI=1S/C15H18N4O2/c1-2-14(20)18-5-7-19(8-6-18)15(21)11-3-4-12-13(9-11)17-10-16-12/h3-4,9-10H,2,5-8H2,1H3,(H,16,17). The van der Waals surface area contributed by atoms with Crippen molar-refractivity contribution in [1.82, 2.24) is 19.8 Å². The van der Waals surface area contributed by atoms with Crippen LogP contribution >= 0.6 is 0 Å². The number of fused-ring (bicyclic) bond motifs is 1. The Hall–Kier alpha value is -2.37. The maximum Gasteiger partial charge on any atom is 0.254 e. The molecular weight excluding hydrogens is 268 g/mol. The summed E-state index contributed by atoms with van der Waals surface area (Å²) in [4.78, 5) is 34.9. The van der Waals surface area contributed by atoms with E-state index in [0.717, 1.165) is 11.0 Å². The Bertz CT molecular complexity index is 671. The molecule has 1 aliphatic heterocycles. The van der Waals surface area contributed by atoms with Crippen molar-refractivity contribution >= 4 is 22.8 Å². The maximum absolute atomic E-state index is 12.5. The smallest absolute Gasteiger partial charge is 0.254 e. The van der Waals surface area contributed by atoms with Crippen LogP contribution in [0.25, 0.3) is 11.0 Å². The molecule has 0 spiro atoms. The lowest BCUT2D eigenvalue weighted by molar-refractivity contribution is -0.132. The number of aromatic amines is 1. The summed E-state index contributed by atoms with van der Waals surface area (Å²) in [5.41, 5.74) is 2.37. The molecule has 2 aromatic rings. The molecule has 110 valence electrons. The van der Waals surface area contributed by atoms with Gasteiger partial charge in [-0.05, 0) is 18.2 Å². The third-order valence-corrected chi connectivity index (χ3v) is 3.89. The first-order valence-corrected chi connectivity index (χ1v) is 7.19. The van der Waals surface area contributed by atoms with Crippen molar-refractivity contribution < 1.29 is 9.59 Å². The van der Waals surface area contributed by atoms with Crippen molar-refractivity contribution in [2.75, 3.05) is 26.2 Å². The zero-order chi connectivity index (χ0) is 14.8. The number of imidazole rings is 1. The summed E-state index contributed by atoms with van der Waals surface area (Å²) in [5, 5.41) is 0. The predicted molar refractivity (Wildman–Crippen MR) is 78.9 cm³/mol. The van der Waals surface area contributed by atoms with E-state index < -0.39 is 0 Å². The van der Waals surface area contributed by atoms with Gasteiger partial charge in [0.1, 0.15) is 0 Å². The molecule has 0 unspecified atom stereocenters. The Labute approximate surface area is 122 Å². The normalized spacial score (nSPS) is 15.5. The van der Waals surface area contributed by atoms with Gasteiger partial charge in [-0.2, -0.15) is 0 Å². The number of nitrogens with zero attached hydrogens (tertiary/aromatic N) is 3. The van der Waals surface area contributed by atoms with Crippen molar-refractivity contribution in [3.8, 4) is 0 Å². The first-order chi connectivity index (χ1) is 10.2. The van der Waals surface area contributed by atoms with Crippen LogP contribution in [0.1, 0.15) is 23.7 Å². The summed E-state index contributed by atoms with van der Waals surface area (Å²) in [6, 6.07) is 5.47. The van der Waals surface area contributed by atoms with Crippen LogP contribution in [0.4, 0.5) is 0 Å². The number of aromatic nitrogens is 2. The second-order valence-corrected chi connectivity index (χ2v) is 5.16. The third-order valence-electron chi connectivity index (χ3n) is 3.89. The van der Waals surface area contributed by atoms with E-state index in [1.165, 1.54) is 0 Å². The highest BCUT2D eigenvalue weighted by atomic mass is 16.2. The fraction of sp³-hybridized carbons (Fsp3) is 0.400. The van der Waals surface area contributed by atoms with Gasteiger partial charge in [-0.1, -0.05) is 6.92 Å². The highest BCUT2D eigenvalue weighted by molar-refractivity contribution is 5.97. The molecule has 1 fully saturated rings. The SMILES string of the molecule is CCC(=O)N1CCN(C(=O)c2ccc3nc[nH]c3c2)CC1. The molecule has 0 atom stereocenters. The molecule has 1 saturated heterocycles. The molecule has 0 bridgehead atoms. The number of nitrogens with one attached hydrogen (secondary N) is 1. The molecule has 6 nitrogen and oxygen atoms in total. The van der Waals surface area contributed by atoms with Gasteiger partial charge in [0.25, 0.3) is 5.91 Å². The second kappa shape index (κ2) is 5.55. The highest BCUT2D eigenvalue weighted by Gasteiger charge is 2.24. The van der Waals surface area contributed by atoms with Crippen molar-refractivity contribution in [3.05, 3.63) is 30.1 Å². The van der Waals surface area contributed by atoms with Crippen molar-refractivity contribution in [3.63, 3.8) is 0 Å². The summed E-state index contributed by atoms with van der Waals surface area (Å²) < 4.78 is 0. The van der Waals surface area contributed by atoms with E-state index in [4.69, 9.17) is 0 Å². The van der Waals surface area contributed by atoms with Gasteiger partial charge in [0.2, 0.25) is 5.91 Å². The number of benzene rings is 1. The minimum absolute atomic E-state index is 0.00935. The van der Waals surface area contributed by atoms with Crippen LogP contribution in [0.3, 0.4) is 0 Å². The van der Waals surface area contributed by atoms with E-state index in [-0.39, 0.29) is 11.8 Å². The van der Waals surface area contributed by atoms with Gasteiger partial charge in [0.15, 0.2) is 0 Å². The molecule has 2 amide bonds. The average molecular weight is 286 g/mol. The fourth-order valence-corrected chi connectivity index (χ4v) is 2.63. The van der Waals surface area contributed by atoms with E-state index in [0.29, 0.717) is 38.2 Å². The molecule has 0 saturated carbocycles. The summed E-state index contributed by atoms with van der Waals surface area (Å²) in [6.45, 7) is 4.27. The number of amides is 2. The molecule has 1 aromatic heterocycles. The number of hydrogen-bond donors (Lipinski definition) is 1. The van der Waals surface area contributed by atoms with Crippen molar-refractivity contribution in [2.24, 2.45) is 0 Å². The minimum atomic E-state index is 0.00935. The number of carbonyl (C=O) groups is 2. The molecule has 0 aliphatic carbocycles. The lowest BCUT2D eigenvalue weighted by Gasteiger charge is -2.34. The topological polar surface area (TPSA) is 69.3 Å². The van der Waals surface area contributed by atoms with Crippen LogP contribution in [-0.2, 0) is 4.79 Å². The summed E-state index contributed by atoms with van der Waals surface area (Å²) in [5.74, 6) is 0.163. The Morgan fingerprint density at radius 2 is 1.90 bits per heavy atom. The van der Waals surface area contributed by atoms with Gasteiger partial charge in [0, 0.05) is 38.2 Å². The van der Waals surface area contributed by atoms with E-state index in [9.17, 15) is 9.59 Å². The highest BCUT2D eigenvalue weighted by Crippen LogP contribution is 2.15. The first-order valence-electron chi connectivity index (χ1n) is 7.19. The van der Waals surface area contributed by atoms with E-state index in [1.54, 1.807) is 17.3 Å². The van der Waals surface area contributed by atoms with Crippen LogP contribution < -0.4 is 0 Å². The molecule has 1 N–H and O–H groups in total. The molecule has 1 aromatic carbocycles. The number of carbonyl (C=O) groups excluding carboxylic acids is 2. The Kier molecular flexibility index (Phi) is 3.60. The van der Waals surface area contributed by atoms with E-state index in [2.05, 4.69) is 9.97 Å². The lowest BCUT2D eigenvalue weighted by Crippen LogP contribution is -2.50. The van der Waals surface area contributed by atoms with Gasteiger partial charge in [0.05, 0.1) is 17.4 Å². The summed E-state index contributed by atoms with van der Waals surface area (Å²) in [6.07, 6.45) is 2.14.